The highest BCUT2D eigenvalue weighted by atomic mass is 79.9. The number of methoxy groups -OCH3 is 1. The van der Waals surface area contributed by atoms with Crippen molar-refractivity contribution in [2.45, 2.75) is 13.0 Å². The minimum absolute atomic E-state index is 0.225. The topological polar surface area (TPSA) is 67.4 Å². The summed E-state index contributed by atoms with van der Waals surface area (Å²) in [5.74, 6) is 0.0717. The minimum atomic E-state index is -0.357. The number of halogens is 1. The van der Waals surface area contributed by atoms with Gasteiger partial charge in [0.25, 0.3) is 0 Å². The molecule has 0 heterocycles. The number of hydrogen-bond acceptors (Lipinski definition) is 3. The molecule has 5 nitrogen and oxygen atoms in total. The van der Waals surface area contributed by atoms with Gasteiger partial charge in [-0.25, -0.2) is 0 Å². The highest BCUT2D eigenvalue weighted by molar-refractivity contribution is 9.10. The van der Waals surface area contributed by atoms with E-state index >= 15 is 0 Å². The first-order valence-corrected chi connectivity index (χ1v) is 7.82. The van der Waals surface area contributed by atoms with Crippen molar-refractivity contribution in [3.63, 3.8) is 0 Å². The third kappa shape index (κ3) is 5.41. The first-order chi connectivity index (χ1) is 11.1. The first-order valence-electron chi connectivity index (χ1n) is 7.02. The van der Waals surface area contributed by atoms with E-state index in [0.717, 1.165) is 15.8 Å². The maximum absolute atomic E-state index is 11.9. The molecule has 0 aliphatic carbocycles. The van der Waals surface area contributed by atoms with Crippen LogP contribution in [0.15, 0.2) is 53.0 Å². The van der Waals surface area contributed by atoms with Crippen LogP contribution in [-0.4, -0.2) is 18.9 Å². The number of para-hydroxylation sites is 1. The number of ether oxygens (including phenoxy) is 1. The average molecular weight is 377 g/mol. The molecule has 0 bridgehead atoms. The third-order valence-corrected chi connectivity index (χ3v) is 3.81. The van der Waals surface area contributed by atoms with E-state index in [4.69, 9.17) is 4.74 Å². The summed E-state index contributed by atoms with van der Waals surface area (Å²) < 4.78 is 5.84. The van der Waals surface area contributed by atoms with Crippen LogP contribution < -0.4 is 15.4 Å². The molecule has 2 amide bonds. The number of hydrogen-bond donors (Lipinski definition) is 2. The number of rotatable bonds is 6. The van der Waals surface area contributed by atoms with Crippen LogP contribution >= 0.6 is 15.9 Å². The van der Waals surface area contributed by atoms with Crippen LogP contribution in [0.4, 0.5) is 5.69 Å². The molecule has 23 heavy (non-hydrogen) atoms. The maximum Gasteiger partial charge on any atom is 0.233 e. The van der Waals surface area contributed by atoms with E-state index in [-0.39, 0.29) is 18.2 Å². The normalized spacial score (nSPS) is 10.0. The van der Waals surface area contributed by atoms with Crippen LogP contribution in [0.3, 0.4) is 0 Å². The summed E-state index contributed by atoms with van der Waals surface area (Å²) >= 11 is 3.34. The van der Waals surface area contributed by atoms with E-state index in [1.807, 2.05) is 42.5 Å². The molecule has 0 unspecified atom stereocenters. The molecule has 0 aliphatic heterocycles. The van der Waals surface area contributed by atoms with Crippen molar-refractivity contribution in [1.82, 2.24) is 5.32 Å². The fourth-order valence-electron chi connectivity index (χ4n) is 1.91. The van der Waals surface area contributed by atoms with Gasteiger partial charge in [-0.1, -0.05) is 24.3 Å². The van der Waals surface area contributed by atoms with Crippen LogP contribution in [-0.2, 0) is 16.1 Å². The molecular weight excluding hydrogens is 360 g/mol. The molecular formula is C17H17BrN2O3. The molecule has 2 aromatic carbocycles. The van der Waals surface area contributed by atoms with Crippen molar-refractivity contribution in [2.75, 3.05) is 12.4 Å². The Hall–Kier alpha value is -2.34. The Morgan fingerprint density at radius 3 is 2.39 bits per heavy atom. The SMILES string of the molecule is COc1ccc(CNC(=O)CC(=O)Nc2ccccc2Br)cc1. The Labute approximate surface area is 143 Å². The van der Waals surface area contributed by atoms with Gasteiger partial charge >= 0.3 is 0 Å². The second-order valence-corrected chi connectivity index (χ2v) is 5.68. The van der Waals surface area contributed by atoms with Crippen molar-refractivity contribution in [3.8, 4) is 5.75 Å². The van der Waals surface area contributed by atoms with Crippen LogP contribution in [0.2, 0.25) is 0 Å². The summed E-state index contributed by atoms with van der Waals surface area (Å²) in [4.78, 5) is 23.7. The Morgan fingerprint density at radius 1 is 1.04 bits per heavy atom. The van der Waals surface area contributed by atoms with Gasteiger partial charge in [0.05, 0.1) is 12.8 Å². The lowest BCUT2D eigenvalue weighted by molar-refractivity contribution is -0.126. The van der Waals surface area contributed by atoms with E-state index in [0.29, 0.717) is 12.2 Å². The molecule has 120 valence electrons. The second kappa shape index (κ2) is 8.33. The van der Waals surface area contributed by atoms with E-state index in [1.54, 1.807) is 13.2 Å². The molecule has 2 rings (SSSR count). The van der Waals surface area contributed by atoms with Gasteiger partial charge in [0.15, 0.2) is 0 Å². The van der Waals surface area contributed by atoms with E-state index in [2.05, 4.69) is 26.6 Å². The Bertz CT molecular complexity index is 686. The summed E-state index contributed by atoms with van der Waals surface area (Å²) in [6.45, 7) is 0.366. The summed E-state index contributed by atoms with van der Waals surface area (Å²) in [5, 5.41) is 5.41. The van der Waals surface area contributed by atoms with Crippen molar-refractivity contribution < 1.29 is 14.3 Å². The Kier molecular flexibility index (Phi) is 6.17. The van der Waals surface area contributed by atoms with Gasteiger partial charge in [-0.3, -0.25) is 9.59 Å². The molecule has 0 saturated heterocycles. The Morgan fingerprint density at radius 2 is 1.74 bits per heavy atom. The van der Waals surface area contributed by atoms with E-state index in [1.165, 1.54) is 0 Å². The molecule has 0 atom stereocenters. The van der Waals surface area contributed by atoms with Gasteiger partial charge in [0, 0.05) is 11.0 Å². The largest absolute Gasteiger partial charge is 0.497 e. The number of carbonyl (C=O) groups is 2. The molecule has 2 N–H and O–H groups in total. The smallest absolute Gasteiger partial charge is 0.233 e. The fraction of sp³-hybridized carbons (Fsp3) is 0.176. The second-order valence-electron chi connectivity index (χ2n) is 4.83. The zero-order valence-electron chi connectivity index (χ0n) is 12.6. The molecule has 0 aliphatic rings. The predicted molar refractivity (Wildman–Crippen MR) is 92.2 cm³/mol. The van der Waals surface area contributed by atoms with E-state index < -0.39 is 0 Å². The zero-order chi connectivity index (χ0) is 16.7. The molecule has 2 aromatic rings. The molecule has 0 fully saturated rings. The number of anilines is 1. The highest BCUT2D eigenvalue weighted by Crippen LogP contribution is 2.21. The molecule has 0 spiro atoms. The number of carbonyl (C=O) groups excluding carboxylic acids is 2. The van der Waals surface area contributed by atoms with Gasteiger partial charge in [0.2, 0.25) is 11.8 Å². The standard InChI is InChI=1S/C17H17BrN2O3/c1-23-13-8-6-12(7-9-13)11-19-16(21)10-17(22)20-15-5-3-2-4-14(15)18/h2-9H,10-11H2,1H3,(H,19,21)(H,20,22). The quantitative estimate of drug-likeness (QED) is 0.761. The molecule has 0 saturated carbocycles. The highest BCUT2D eigenvalue weighted by Gasteiger charge is 2.10. The van der Waals surface area contributed by atoms with Crippen LogP contribution in [0.25, 0.3) is 0 Å². The summed E-state index contributed by atoms with van der Waals surface area (Å²) in [6.07, 6.45) is -0.225. The lowest BCUT2D eigenvalue weighted by Gasteiger charge is -2.08. The molecule has 6 heteroatoms. The number of amides is 2. The summed E-state index contributed by atoms with van der Waals surface area (Å²) in [5.41, 5.74) is 1.57. The minimum Gasteiger partial charge on any atom is -0.497 e. The fourth-order valence-corrected chi connectivity index (χ4v) is 2.29. The average Bonchev–Trinajstić information content (AvgIpc) is 2.55. The molecule has 0 aromatic heterocycles. The van der Waals surface area contributed by atoms with Crippen LogP contribution in [0.1, 0.15) is 12.0 Å². The Balaban J connectivity index is 1.79. The lowest BCUT2D eigenvalue weighted by Crippen LogP contribution is -2.27. The first kappa shape index (κ1) is 17.0. The van der Waals surface area contributed by atoms with Gasteiger partial charge in [0.1, 0.15) is 12.2 Å². The van der Waals surface area contributed by atoms with Crippen molar-refractivity contribution in [2.24, 2.45) is 0 Å². The van der Waals surface area contributed by atoms with Crippen LogP contribution in [0, 0.1) is 0 Å². The van der Waals surface area contributed by atoms with Crippen molar-refractivity contribution in [3.05, 3.63) is 58.6 Å². The summed E-state index contributed by atoms with van der Waals surface area (Å²) in [6, 6.07) is 14.6. The number of benzene rings is 2. The predicted octanol–water partition coefficient (Wildman–Crippen LogP) is 3.10. The maximum atomic E-state index is 11.9. The van der Waals surface area contributed by atoms with Crippen LogP contribution in [0.5, 0.6) is 5.75 Å². The number of nitrogens with one attached hydrogen (secondary N) is 2. The van der Waals surface area contributed by atoms with E-state index in [9.17, 15) is 9.59 Å². The monoisotopic (exact) mass is 376 g/mol. The van der Waals surface area contributed by atoms with Crippen molar-refractivity contribution in [1.29, 1.82) is 0 Å². The molecule has 0 radical (unpaired) electrons. The lowest BCUT2D eigenvalue weighted by atomic mass is 10.2. The van der Waals surface area contributed by atoms with Gasteiger partial charge in [-0.15, -0.1) is 0 Å². The zero-order valence-corrected chi connectivity index (χ0v) is 14.2. The van der Waals surface area contributed by atoms with Gasteiger partial charge in [-0.05, 0) is 45.8 Å². The third-order valence-electron chi connectivity index (χ3n) is 3.12. The van der Waals surface area contributed by atoms with Crippen molar-refractivity contribution >= 4 is 33.4 Å². The summed E-state index contributed by atoms with van der Waals surface area (Å²) in [7, 11) is 1.60. The van der Waals surface area contributed by atoms with Gasteiger partial charge < -0.3 is 15.4 Å². The van der Waals surface area contributed by atoms with Gasteiger partial charge in [-0.2, -0.15) is 0 Å².